The zero-order valence-corrected chi connectivity index (χ0v) is 12.8. The minimum Gasteiger partial charge on any atom is -0.370 e. The minimum atomic E-state index is 0.656. The molecule has 0 fully saturated rings. The van der Waals surface area contributed by atoms with Gasteiger partial charge in [0.25, 0.3) is 0 Å². The Bertz CT molecular complexity index is 583. The third-order valence-electron chi connectivity index (χ3n) is 2.88. The Hall–Kier alpha value is -1.32. The van der Waals surface area contributed by atoms with Crippen LogP contribution in [-0.4, -0.2) is 13.3 Å². The molecule has 0 spiro atoms. The van der Waals surface area contributed by atoms with E-state index < -0.39 is 0 Å². The Labute approximate surface area is 126 Å². The first-order chi connectivity index (χ1) is 9.10. The molecule has 0 saturated carbocycles. The summed E-state index contributed by atoms with van der Waals surface area (Å²) in [7, 11) is 2.01. The topological polar surface area (TPSA) is 20.3 Å². The van der Waals surface area contributed by atoms with Crippen molar-refractivity contribution in [1.29, 1.82) is 0 Å². The zero-order chi connectivity index (χ0) is 13.8. The molecule has 2 aromatic carbocycles. The van der Waals surface area contributed by atoms with Crippen molar-refractivity contribution >= 4 is 39.5 Å². The summed E-state index contributed by atoms with van der Waals surface area (Å²) in [6.45, 7) is 0.782. The molecule has 2 aromatic rings. The van der Waals surface area contributed by atoms with Crippen molar-refractivity contribution in [2.45, 2.75) is 6.54 Å². The van der Waals surface area contributed by atoms with E-state index in [4.69, 9.17) is 11.6 Å². The average Bonchev–Trinajstić information content (AvgIpc) is 2.41. The van der Waals surface area contributed by atoms with Crippen LogP contribution in [0, 0.1) is 0 Å². The number of halogens is 2. The number of anilines is 1. The van der Waals surface area contributed by atoms with Crippen LogP contribution in [0.3, 0.4) is 0 Å². The number of aldehydes is 1. The monoisotopic (exact) mass is 337 g/mol. The van der Waals surface area contributed by atoms with Gasteiger partial charge in [-0.05, 0) is 51.8 Å². The van der Waals surface area contributed by atoms with E-state index in [-0.39, 0.29) is 0 Å². The van der Waals surface area contributed by atoms with E-state index in [1.165, 1.54) is 5.56 Å². The van der Waals surface area contributed by atoms with Gasteiger partial charge in [-0.2, -0.15) is 0 Å². The highest BCUT2D eigenvalue weighted by molar-refractivity contribution is 9.10. The average molecular weight is 339 g/mol. The number of hydrogen-bond acceptors (Lipinski definition) is 2. The van der Waals surface area contributed by atoms with Crippen LogP contribution in [0.5, 0.6) is 0 Å². The predicted molar refractivity (Wildman–Crippen MR) is 83.1 cm³/mol. The van der Waals surface area contributed by atoms with Gasteiger partial charge in [0.05, 0.1) is 0 Å². The first-order valence-electron chi connectivity index (χ1n) is 5.80. The van der Waals surface area contributed by atoms with E-state index in [0.29, 0.717) is 5.56 Å². The van der Waals surface area contributed by atoms with Gasteiger partial charge in [0, 0.05) is 34.3 Å². The maximum Gasteiger partial charge on any atom is 0.151 e. The molecule has 0 aromatic heterocycles. The fourth-order valence-electron chi connectivity index (χ4n) is 1.80. The molecule has 4 heteroatoms. The van der Waals surface area contributed by atoms with Crippen molar-refractivity contribution in [3.05, 3.63) is 63.1 Å². The molecule has 0 radical (unpaired) electrons. The van der Waals surface area contributed by atoms with Gasteiger partial charge in [-0.3, -0.25) is 4.79 Å². The predicted octanol–water partition coefficient (Wildman–Crippen LogP) is 4.55. The molecule has 0 unspecified atom stereocenters. The smallest absolute Gasteiger partial charge is 0.151 e. The second-order valence-electron chi connectivity index (χ2n) is 4.31. The molecular weight excluding hydrogens is 326 g/mol. The molecule has 0 aliphatic rings. The largest absolute Gasteiger partial charge is 0.370 e. The SMILES string of the molecule is CN(Cc1ccc(Cl)cc1)c1ccc(C=O)c(Br)c1. The summed E-state index contributed by atoms with van der Waals surface area (Å²) in [5, 5.41) is 0.740. The lowest BCUT2D eigenvalue weighted by molar-refractivity contribution is 0.112. The highest BCUT2D eigenvalue weighted by Gasteiger charge is 2.05. The summed E-state index contributed by atoms with van der Waals surface area (Å²) in [5.74, 6) is 0. The number of carbonyl (C=O) groups excluding carboxylic acids is 1. The van der Waals surface area contributed by atoms with Gasteiger partial charge < -0.3 is 4.90 Å². The Morgan fingerprint density at radius 1 is 1.21 bits per heavy atom. The first-order valence-corrected chi connectivity index (χ1v) is 6.97. The molecular formula is C15H13BrClNO. The van der Waals surface area contributed by atoms with Crippen LogP contribution in [0.15, 0.2) is 46.9 Å². The number of hydrogen-bond donors (Lipinski definition) is 0. The van der Waals surface area contributed by atoms with Gasteiger partial charge >= 0.3 is 0 Å². The maximum atomic E-state index is 10.8. The van der Waals surface area contributed by atoms with Crippen LogP contribution >= 0.6 is 27.5 Å². The van der Waals surface area contributed by atoms with Crippen LogP contribution in [-0.2, 0) is 6.54 Å². The third-order valence-corrected chi connectivity index (χ3v) is 3.82. The lowest BCUT2D eigenvalue weighted by Gasteiger charge is -2.20. The second-order valence-corrected chi connectivity index (χ2v) is 5.60. The van der Waals surface area contributed by atoms with Crippen molar-refractivity contribution in [3.8, 4) is 0 Å². The Kier molecular flexibility index (Phi) is 4.61. The van der Waals surface area contributed by atoms with Crippen molar-refractivity contribution in [3.63, 3.8) is 0 Å². The molecule has 0 saturated heterocycles. The van der Waals surface area contributed by atoms with E-state index in [0.717, 1.165) is 28.0 Å². The van der Waals surface area contributed by atoms with E-state index in [2.05, 4.69) is 20.8 Å². The molecule has 0 aliphatic carbocycles. The fraction of sp³-hybridized carbons (Fsp3) is 0.133. The highest BCUT2D eigenvalue weighted by atomic mass is 79.9. The van der Waals surface area contributed by atoms with Crippen LogP contribution in [0.25, 0.3) is 0 Å². The van der Waals surface area contributed by atoms with Gasteiger partial charge in [-0.1, -0.05) is 23.7 Å². The Morgan fingerprint density at radius 3 is 2.47 bits per heavy atom. The second kappa shape index (κ2) is 6.22. The summed E-state index contributed by atoms with van der Waals surface area (Å²) in [5.41, 5.74) is 2.89. The first kappa shape index (κ1) is 14.1. The molecule has 0 aliphatic heterocycles. The summed E-state index contributed by atoms with van der Waals surface area (Å²) < 4.78 is 0.808. The number of carbonyl (C=O) groups is 1. The molecule has 0 heterocycles. The van der Waals surface area contributed by atoms with E-state index in [1.807, 2.05) is 49.5 Å². The minimum absolute atomic E-state index is 0.656. The summed E-state index contributed by atoms with van der Waals surface area (Å²) >= 11 is 9.26. The van der Waals surface area contributed by atoms with Crippen LogP contribution in [0.4, 0.5) is 5.69 Å². The van der Waals surface area contributed by atoms with Crippen molar-refractivity contribution in [2.24, 2.45) is 0 Å². The van der Waals surface area contributed by atoms with Gasteiger partial charge in [-0.15, -0.1) is 0 Å². The molecule has 2 nitrogen and oxygen atoms in total. The summed E-state index contributed by atoms with van der Waals surface area (Å²) in [6, 6.07) is 13.5. The lowest BCUT2D eigenvalue weighted by atomic mass is 10.2. The van der Waals surface area contributed by atoms with Gasteiger partial charge in [0.2, 0.25) is 0 Å². The Morgan fingerprint density at radius 2 is 1.89 bits per heavy atom. The number of rotatable bonds is 4. The Balaban J connectivity index is 2.15. The number of nitrogens with zero attached hydrogens (tertiary/aromatic N) is 1. The van der Waals surface area contributed by atoms with E-state index in [1.54, 1.807) is 0 Å². The fourth-order valence-corrected chi connectivity index (χ4v) is 2.39. The van der Waals surface area contributed by atoms with Crippen molar-refractivity contribution in [1.82, 2.24) is 0 Å². The molecule has 0 amide bonds. The standard InChI is InChI=1S/C15H13BrClNO/c1-18(9-11-2-5-13(17)6-3-11)14-7-4-12(10-19)15(16)8-14/h2-8,10H,9H2,1H3. The van der Waals surface area contributed by atoms with Crippen LogP contribution in [0.1, 0.15) is 15.9 Å². The number of benzene rings is 2. The molecule has 2 rings (SSSR count). The van der Waals surface area contributed by atoms with Crippen molar-refractivity contribution < 1.29 is 4.79 Å². The van der Waals surface area contributed by atoms with Crippen molar-refractivity contribution in [2.75, 3.05) is 11.9 Å². The quantitative estimate of drug-likeness (QED) is 0.762. The molecule has 0 atom stereocenters. The van der Waals surface area contributed by atoms with Gasteiger partial charge in [-0.25, -0.2) is 0 Å². The van der Waals surface area contributed by atoms with Crippen LogP contribution < -0.4 is 4.90 Å². The summed E-state index contributed by atoms with van der Waals surface area (Å²) in [4.78, 5) is 12.9. The van der Waals surface area contributed by atoms with E-state index in [9.17, 15) is 4.79 Å². The lowest BCUT2D eigenvalue weighted by Crippen LogP contribution is -2.16. The third kappa shape index (κ3) is 3.58. The van der Waals surface area contributed by atoms with Gasteiger partial charge in [0.15, 0.2) is 6.29 Å². The molecule has 98 valence electrons. The van der Waals surface area contributed by atoms with E-state index >= 15 is 0 Å². The summed E-state index contributed by atoms with van der Waals surface area (Å²) in [6.07, 6.45) is 0.840. The molecule has 0 N–H and O–H groups in total. The molecule has 19 heavy (non-hydrogen) atoms. The highest BCUT2D eigenvalue weighted by Crippen LogP contribution is 2.23. The normalized spacial score (nSPS) is 10.3. The van der Waals surface area contributed by atoms with Gasteiger partial charge in [0.1, 0.15) is 0 Å². The molecule has 0 bridgehead atoms. The zero-order valence-electron chi connectivity index (χ0n) is 10.4. The van der Waals surface area contributed by atoms with Crippen LogP contribution in [0.2, 0.25) is 5.02 Å². The maximum absolute atomic E-state index is 10.8.